The zero-order chi connectivity index (χ0) is 11.3. The average molecular weight is 200 g/mol. The molecule has 0 aromatic heterocycles. The highest BCUT2D eigenvalue weighted by molar-refractivity contribution is 6.02. The van der Waals surface area contributed by atoms with Crippen LogP contribution >= 0.6 is 0 Å². The standard InChI is InChI=1S/C10H16O4/c1-5-14-10(13)9(8(4)12)6(2)7(3)11/h6,9H,5H2,1-4H3. The van der Waals surface area contributed by atoms with Gasteiger partial charge in [0.05, 0.1) is 6.61 Å². The molecule has 2 unspecified atom stereocenters. The molecule has 0 saturated heterocycles. The van der Waals surface area contributed by atoms with E-state index < -0.39 is 17.8 Å². The van der Waals surface area contributed by atoms with E-state index >= 15 is 0 Å². The van der Waals surface area contributed by atoms with E-state index in [2.05, 4.69) is 0 Å². The van der Waals surface area contributed by atoms with Gasteiger partial charge in [-0.2, -0.15) is 0 Å². The van der Waals surface area contributed by atoms with Gasteiger partial charge in [0.2, 0.25) is 0 Å². The molecular formula is C10H16O4. The van der Waals surface area contributed by atoms with Crippen LogP contribution in [0.3, 0.4) is 0 Å². The van der Waals surface area contributed by atoms with Crippen molar-refractivity contribution < 1.29 is 19.1 Å². The molecule has 4 nitrogen and oxygen atoms in total. The van der Waals surface area contributed by atoms with Gasteiger partial charge in [-0.05, 0) is 20.8 Å². The van der Waals surface area contributed by atoms with Crippen LogP contribution in [0.15, 0.2) is 0 Å². The lowest BCUT2D eigenvalue weighted by Crippen LogP contribution is -2.33. The van der Waals surface area contributed by atoms with Gasteiger partial charge < -0.3 is 4.74 Å². The maximum absolute atomic E-state index is 11.3. The Labute approximate surface area is 83.6 Å². The van der Waals surface area contributed by atoms with E-state index in [1.54, 1.807) is 13.8 Å². The van der Waals surface area contributed by atoms with E-state index in [0.29, 0.717) is 0 Å². The van der Waals surface area contributed by atoms with Gasteiger partial charge >= 0.3 is 5.97 Å². The van der Waals surface area contributed by atoms with E-state index in [0.717, 1.165) is 0 Å². The third-order valence-electron chi connectivity index (χ3n) is 2.12. The Balaban J connectivity index is 4.68. The molecule has 0 rings (SSSR count). The summed E-state index contributed by atoms with van der Waals surface area (Å²) in [7, 11) is 0. The smallest absolute Gasteiger partial charge is 0.317 e. The van der Waals surface area contributed by atoms with Gasteiger partial charge in [0.15, 0.2) is 0 Å². The molecule has 0 bridgehead atoms. The van der Waals surface area contributed by atoms with Crippen LogP contribution in [-0.4, -0.2) is 24.1 Å². The van der Waals surface area contributed by atoms with Crippen molar-refractivity contribution in [2.75, 3.05) is 6.61 Å². The summed E-state index contributed by atoms with van der Waals surface area (Å²) in [5.74, 6) is -2.67. The molecule has 80 valence electrons. The molecule has 0 aliphatic rings. The molecule has 2 atom stereocenters. The number of ether oxygens (including phenoxy) is 1. The lowest BCUT2D eigenvalue weighted by molar-refractivity contribution is -0.155. The second kappa shape index (κ2) is 5.52. The van der Waals surface area contributed by atoms with E-state index in [1.807, 2.05) is 0 Å². The summed E-state index contributed by atoms with van der Waals surface area (Å²) in [5.41, 5.74) is 0. The third-order valence-corrected chi connectivity index (χ3v) is 2.12. The quantitative estimate of drug-likeness (QED) is 0.490. The van der Waals surface area contributed by atoms with Crippen LogP contribution in [0.25, 0.3) is 0 Å². The molecule has 0 N–H and O–H groups in total. The van der Waals surface area contributed by atoms with Crippen molar-refractivity contribution in [1.82, 2.24) is 0 Å². The van der Waals surface area contributed by atoms with E-state index in [1.165, 1.54) is 13.8 Å². The van der Waals surface area contributed by atoms with Crippen LogP contribution in [-0.2, 0) is 19.1 Å². The summed E-state index contributed by atoms with van der Waals surface area (Å²) < 4.78 is 4.72. The number of carbonyl (C=O) groups excluding carboxylic acids is 3. The number of esters is 1. The second-order valence-electron chi connectivity index (χ2n) is 3.24. The maximum Gasteiger partial charge on any atom is 0.317 e. The Hall–Kier alpha value is -1.19. The van der Waals surface area contributed by atoms with Gasteiger partial charge in [-0.25, -0.2) is 0 Å². The molecule has 0 fully saturated rings. The van der Waals surface area contributed by atoms with Crippen LogP contribution in [0.1, 0.15) is 27.7 Å². The number of hydrogen-bond acceptors (Lipinski definition) is 4. The third kappa shape index (κ3) is 3.28. The lowest BCUT2D eigenvalue weighted by Gasteiger charge is -2.17. The minimum atomic E-state index is -0.951. The first kappa shape index (κ1) is 12.8. The van der Waals surface area contributed by atoms with E-state index in [9.17, 15) is 14.4 Å². The van der Waals surface area contributed by atoms with Crippen LogP contribution in [0, 0.1) is 11.8 Å². The normalized spacial score (nSPS) is 14.3. The Morgan fingerprint density at radius 2 is 1.64 bits per heavy atom. The molecule has 0 aromatic rings. The van der Waals surface area contributed by atoms with E-state index in [-0.39, 0.29) is 18.2 Å². The van der Waals surface area contributed by atoms with Crippen molar-refractivity contribution in [2.45, 2.75) is 27.7 Å². The first-order valence-corrected chi connectivity index (χ1v) is 4.59. The summed E-state index contributed by atoms with van der Waals surface area (Å²) in [4.78, 5) is 33.5. The molecule has 0 heterocycles. The number of ketones is 2. The van der Waals surface area contributed by atoms with Crippen molar-refractivity contribution in [3.8, 4) is 0 Å². The number of rotatable bonds is 5. The molecule has 0 aromatic carbocycles. The molecule has 0 amide bonds. The van der Waals surface area contributed by atoms with E-state index in [4.69, 9.17) is 4.74 Å². The fraction of sp³-hybridized carbons (Fsp3) is 0.700. The van der Waals surface area contributed by atoms with Gasteiger partial charge in [0.25, 0.3) is 0 Å². The Morgan fingerprint density at radius 3 is 1.93 bits per heavy atom. The largest absolute Gasteiger partial charge is 0.465 e. The van der Waals surface area contributed by atoms with Crippen molar-refractivity contribution in [3.05, 3.63) is 0 Å². The molecule has 0 spiro atoms. The van der Waals surface area contributed by atoms with Gasteiger partial charge in [-0.3, -0.25) is 14.4 Å². The number of Topliss-reactive ketones (excluding diaryl/α,β-unsaturated/α-hetero) is 2. The predicted octanol–water partition coefficient (Wildman–Crippen LogP) is 0.980. The number of hydrogen-bond donors (Lipinski definition) is 0. The van der Waals surface area contributed by atoms with Crippen molar-refractivity contribution in [3.63, 3.8) is 0 Å². The fourth-order valence-electron chi connectivity index (χ4n) is 1.19. The maximum atomic E-state index is 11.3. The summed E-state index contributed by atoms with van der Waals surface area (Å²) in [6.07, 6.45) is 0. The molecule has 4 heteroatoms. The van der Waals surface area contributed by atoms with Gasteiger partial charge in [0, 0.05) is 5.92 Å². The molecule has 0 aliphatic carbocycles. The molecule has 14 heavy (non-hydrogen) atoms. The summed E-state index contributed by atoms with van der Waals surface area (Å²) >= 11 is 0. The van der Waals surface area contributed by atoms with Gasteiger partial charge in [-0.1, -0.05) is 6.92 Å². The molecule has 0 saturated carbocycles. The Morgan fingerprint density at radius 1 is 1.14 bits per heavy atom. The van der Waals surface area contributed by atoms with Crippen molar-refractivity contribution in [1.29, 1.82) is 0 Å². The molecule has 0 aliphatic heterocycles. The average Bonchev–Trinajstić information content (AvgIpc) is 2.03. The number of carbonyl (C=O) groups is 3. The van der Waals surface area contributed by atoms with Crippen LogP contribution in [0.4, 0.5) is 0 Å². The first-order valence-electron chi connectivity index (χ1n) is 4.59. The Kier molecular flexibility index (Phi) is 5.05. The predicted molar refractivity (Wildman–Crippen MR) is 50.6 cm³/mol. The summed E-state index contributed by atoms with van der Waals surface area (Å²) in [6, 6.07) is 0. The SMILES string of the molecule is CCOC(=O)C(C(C)=O)C(C)C(C)=O. The minimum Gasteiger partial charge on any atom is -0.465 e. The highest BCUT2D eigenvalue weighted by Crippen LogP contribution is 2.15. The summed E-state index contributed by atoms with van der Waals surface area (Å²) in [5, 5.41) is 0. The zero-order valence-electron chi connectivity index (χ0n) is 8.99. The Bertz CT molecular complexity index is 245. The molecular weight excluding hydrogens is 184 g/mol. The summed E-state index contributed by atoms with van der Waals surface area (Å²) in [6.45, 7) is 6.09. The molecule has 0 radical (unpaired) electrons. The second-order valence-corrected chi connectivity index (χ2v) is 3.24. The topological polar surface area (TPSA) is 60.4 Å². The minimum absolute atomic E-state index is 0.182. The fourth-order valence-corrected chi connectivity index (χ4v) is 1.19. The highest BCUT2D eigenvalue weighted by atomic mass is 16.5. The van der Waals surface area contributed by atoms with Crippen molar-refractivity contribution in [2.24, 2.45) is 11.8 Å². The first-order chi connectivity index (χ1) is 6.41. The van der Waals surface area contributed by atoms with Crippen molar-refractivity contribution >= 4 is 17.5 Å². The zero-order valence-corrected chi connectivity index (χ0v) is 8.99. The lowest BCUT2D eigenvalue weighted by atomic mass is 9.88. The van der Waals surface area contributed by atoms with Crippen LogP contribution in [0.5, 0.6) is 0 Å². The highest BCUT2D eigenvalue weighted by Gasteiger charge is 2.33. The van der Waals surface area contributed by atoms with Gasteiger partial charge in [0.1, 0.15) is 17.5 Å². The van der Waals surface area contributed by atoms with Crippen LogP contribution < -0.4 is 0 Å². The monoisotopic (exact) mass is 200 g/mol. The van der Waals surface area contributed by atoms with Crippen LogP contribution in [0.2, 0.25) is 0 Å². The van der Waals surface area contributed by atoms with Gasteiger partial charge in [-0.15, -0.1) is 0 Å².